The Morgan fingerprint density at radius 2 is 1.48 bits per heavy atom. The number of carbonyl (C=O) groups excluding carboxylic acids is 1. The topological polar surface area (TPSA) is 43.1 Å². The number of benzene rings is 2. The molecule has 21 heavy (non-hydrogen) atoms. The van der Waals surface area contributed by atoms with Gasteiger partial charge in [-0.15, -0.1) is 0 Å². The van der Waals surface area contributed by atoms with Crippen LogP contribution in [-0.4, -0.2) is 5.78 Å². The summed E-state index contributed by atoms with van der Waals surface area (Å²) < 4.78 is 64.2. The molecule has 0 amide bonds. The molecule has 7 heteroatoms. The Labute approximate surface area is 116 Å². The lowest BCUT2D eigenvalue weighted by Gasteiger charge is -2.10. The highest BCUT2D eigenvalue weighted by Gasteiger charge is 2.34. The summed E-state index contributed by atoms with van der Waals surface area (Å²) in [6.45, 7) is 0. The van der Waals surface area contributed by atoms with Gasteiger partial charge in [0.2, 0.25) is 0 Å². The molecule has 0 unspecified atom stereocenters. The van der Waals surface area contributed by atoms with Gasteiger partial charge in [-0.2, -0.15) is 13.2 Å². The van der Waals surface area contributed by atoms with E-state index in [-0.39, 0.29) is 11.3 Å². The lowest BCUT2D eigenvalue weighted by atomic mass is 10.0. The number of rotatable bonds is 2. The van der Waals surface area contributed by atoms with Gasteiger partial charge < -0.3 is 5.73 Å². The maximum Gasteiger partial charge on any atom is 0.419 e. The molecule has 0 aliphatic rings. The molecule has 0 aliphatic carbocycles. The van der Waals surface area contributed by atoms with Gasteiger partial charge >= 0.3 is 6.18 Å². The second-order valence-electron chi connectivity index (χ2n) is 4.26. The number of nitrogens with two attached hydrogens (primary N) is 1. The number of alkyl halides is 3. The normalized spacial score (nSPS) is 11.5. The van der Waals surface area contributed by atoms with Crippen LogP contribution < -0.4 is 5.73 Å². The van der Waals surface area contributed by atoms with Crippen molar-refractivity contribution in [3.05, 3.63) is 64.7 Å². The molecule has 0 radical (unpaired) electrons. The molecule has 0 bridgehead atoms. The number of hydrogen-bond donors (Lipinski definition) is 1. The molecular weight excluding hydrogens is 293 g/mol. The molecule has 0 aromatic heterocycles. The fourth-order valence-corrected chi connectivity index (χ4v) is 1.72. The Bertz CT molecular complexity index is 709. The molecule has 2 rings (SSSR count). The minimum Gasteiger partial charge on any atom is -0.396 e. The average molecular weight is 301 g/mol. The van der Waals surface area contributed by atoms with Crippen LogP contribution in [0.2, 0.25) is 0 Å². The van der Waals surface area contributed by atoms with Crippen molar-refractivity contribution in [2.24, 2.45) is 0 Å². The maximum absolute atomic E-state index is 13.3. The fourth-order valence-electron chi connectivity index (χ4n) is 1.72. The smallest absolute Gasteiger partial charge is 0.396 e. The van der Waals surface area contributed by atoms with Crippen molar-refractivity contribution in [1.82, 2.24) is 0 Å². The van der Waals surface area contributed by atoms with Gasteiger partial charge in [-0.3, -0.25) is 4.79 Å². The van der Waals surface area contributed by atoms with Crippen molar-refractivity contribution in [3.8, 4) is 0 Å². The number of halogens is 5. The first-order valence-electron chi connectivity index (χ1n) is 5.66. The summed E-state index contributed by atoms with van der Waals surface area (Å²) >= 11 is 0. The van der Waals surface area contributed by atoms with Gasteiger partial charge in [0.05, 0.1) is 11.3 Å². The second-order valence-corrected chi connectivity index (χ2v) is 4.26. The monoisotopic (exact) mass is 301 g/mol. The minimum atomic E-state index is -4.92. The zero-order chi connectivity index (χ0) is 15.8. The summed E-state index contributed by atoms with van der Waals surface area (Å²) in [5, 5.41) is 0. The van der Waals surface area contributed by atoms with Crippen LogP contribution in [0.15, 0.2) is 36.4 Å². The van der Waals surface area contributed by atoms with Gasteiger partial charge in [-0.1, -0.05) is 0 Å². The van der Waals surface area contributed by atoms with E-state index in [0.29, 0.717) is 12.1 Å². The Morgan fingerprint density at radius 1 is 0.905 bits per heavy atom. The van der Waals surface area contributed by atoms with E-state index in [1.54, 1.807) is 0 Å². The van der Waals surface area contributed by atoms with Crippen molar-refractivity contribution >= 4 is 11.5 Å². The van der Waals surface area contributed by atoms with Crippen LogP contribution in [0.25, 0.3) is 0 Å². The zero-order valence-electron chi connectivity index (χ0n) is 10.3. The third-order valence-electron chi connectivity index (χ3n) is 2.80. The molecule has 0 spiro atoms. The predicted octanol–water partition coefficient (Wildman–Crippen LogP) is 3.80. The van der Waals surface area contributed by atoms with Crippen molar-refractivity contribution in [3.63, 3.8) is 0 Å². The lowest BCUT2D eigenvalue weighted by molar-refractivity contribution is -0.140. The van der Waals surface area contributed by atoms with E-state index >= 15 is 0 Å². The van der Waals surface area contributed by atoms with E-state index in [4.69, 9.17) is 5.73 Å². The number of hydrogen-bond acceptors (Lipinski definition) is 2. The summed E-state index contributed by atoms with van der Waals surface area (Å²) in [5.41, 5.74) is 2.92. The highest BCUT2D eigenvalue weighted by Crippen LogP contribution is 2.32. The van der Waals surface area contributed by atoms with Gasteiger partial charge in [0.1, 0.15) is 11.6 Å². The molecule has 0 saturated carbocycles. The van der Waals surface area contributed by atoms with E-state index in [1.165, 1.54) is 6.07 Å². The first-order valence-corrected chi connectivity index (χ1v) is 5.66. The lowest BCUT2D eigenvalue weighted by Crippen LogP contribution is -2.11. The van der Waals surface area contributed by atoms with Gasteiger partial charge in [0.25, 0.3) is 0 Å². The summed E-state index contributed by atoms with van der Waals surface area (Å²) in [4.78, 5) is 12.0. The number of anilines is 1. The average Bonchev–Trinajstić information content (AvgIpc) is 2.40. The largest absolute Gasteiger partial charge is 0.419 e. The summed E-state index contributed by atoms with van der Waals surface area (Å²) in [6, 6.07) is 4.96. The Morgan fingerprint density at radius 3 is 2.05 bits per heavy atom. The molecule has 0 heterocycles. The number of ketones is 1. The van der Waals surface area contributed by atoms with E-state index in [2.05, 4.69) is 0 Å². The van der Waals surface area contributed by atoms with Crippen LogP contribution in [0, 0.1) is 11.6 Å². The van der Waals surface area contributed by atoms with Crippen LogP contribution >= 0.6 is 0 Å². The van der Waals surface area contributed by atoms with Gasteiger partial charge in [-0.05, 0) is 36.4 Å². The second kappa shape index (κ2) is 5.16. The summed E-state index contributed by atoms with van der Waals surface area (Å²) in [5.74, 6) is -3.21. The highest BCUT2D eigenvalue weighted by molar-refractivity contribution is 6.09. The van der Waals surface area contributed by atoms with Crippen LogP contribution in [-0.2, 0) is 6.18 Å². The van der Waals surface area contributed by atoms with Crippen molar-refractivity contribution < 1.29 is 26.7 Å². The van der Waals surface area contributed by atoms with Crippen molar-refractivity contribution in [1.29, 1.82) is 0 Å². The number of nitrogen functional groups attached to an aromatic ring is 1. The summed E-state index contributed by atoms with van der Waals surface area (Å²) in [7, 11) is 0. The van der Waals surface area contributed by atoms with E-state index in [1.807, 2.05) is 0 Å². The Balaban J connectivity index is 2.46. The Kier molecular flexibility index (Phi) is 3.67. The number of carbonyl (C=O) groups is 1. The molecule has 0 saturated heterocycles. The zero-order valence-corrected chi connectivity index (χ0v) is 10.3. The van der Waals surface area contributed by atoms with E-state index < -0.39 is 34.7 Å². The maximum atomic E-state index is 13.3. The molecule has 2 aromatic rings. The highest BCUT2D eigenvalue weighted by atomic mass is 19.4. The summed E-state index contributed by atoms with van der Waals surface area (Å²) in [6.07, 6.45) is -4.92. The molecule has 2 nitrogen and oxygen atoms in total. The molecule has 0 aliphatic heterocycles. The van der Waals surface area contributed by atoms with Crippen LogP contribution in [0.1, 0.15) is 21.5 Å². The SMILES string of the molecule is Nc1ccc(C(=O)c2ccc(F)c(C(F)(F)F)c2)cc1F. The van der Waals surface area contributed by atoms with Crippen molar-refractivity contribution in [2.75, 3.05) is 5.73 Å². The predicted molar refractivity (Wildman–Crippen MR) is 65.6 cm³/mol. The van der Waals surface area contributed by atoms with Gasteiger partial charge in [0, 0.05) is 11.1 Å². The van der Waals surface area contributed by atoms with Gasteiger partial charge in [-0.25, -0.2) is 8.78 Å². The molecule has 0 atom stereocenters. The Hall–Kier alpha value is -2.44. The van der Waals surface area contributed by atoms with Gasteiger partial charge in [0.15, 0.2) is 5.78 Å². The molecular formula is C14H8F5NO. The minimum absolute atomic E-state index is 0.179. The standard InChI is InChI=1S/C14H8F5NO/c15-10-3-1-7(5-9(10)14(17,18)19)13(21)8-2-4-12(20)11(16)6-8/h1-6H,20H2. The van der Waals surface area contributed by atoms with Crippen LogP contribution in [0.4, 0.5) is 27.6 Å². The first kappa shape index (κ1) is 15.0. The third kappa shape index (κ3) is 3.01. The fraction of sp³-hybridized carbons (Fsp3) is 0.0714. The first-order chi connectivity index (χ1) is 9.70. The molecule has 110 valence electrons. The van der Waals surface area contributed by atoms with Crippen LogP contribution in [0.3, 0.4) is 0 Å². The van der Waals surface area contributed by atoms with E-state index in [0.717, 1.165) is 18.2 Å². The molecule has 2 N–H and O–H groups in total. The molecule has 2 aromatic carbocycles. The quantitative estimate of drug-likeness (QED) is 0.521. The van der Waals surface area contributed by atoms with Crippen LogP contribution in [0.5, 0.6) is 0 Å². The third-order valence-corrected chi connectivity index (χ3v) is 2.80. The van der Waals surface area contributed by atoms with E-state index in [9.17, 15) is 26.7 Å². The molecule has 0 fully saturated rings. The van der Waals surface area contributed by atoms with Crippen molar-refractivity contribution in [2.45, 2.75) is 6.18 Å².